The van der Waals surface area contributed by atoms with Crippen molar-refractivity contribution in [3.63, 3.8) is 0 Å². The molecule has 0 radical (unpaired) electrons. The Morgan fingerprint density at radius 2 is 1.88 bits per heavy atom. The van der Waals surface area contributed by atoms with Gasteiger partial charge in [0.05, 0.1) is 6.42 Å². The van der Waals surface area contributed by atoms with Gasteiger partial charge in [-0.1, -0.05) is 56.3 Å². The molecule has 136 valence electrons. The molecule has 2 heterocycles. The van der Waals surface area contributed by atoms with Gasteiger partial charge in [-0.3, -0.25) is 4.79 Å². The number of hydrogen-bond acceptors (Lipinski definition) is 6. The molecule has 0 atom stereocenters. The maximum absolute atomic E-state index is 11.9. The summed E-state index contributed by atoms with van der Waals surface area (Å²) in [5.74, 6) is 2.08. The van der Waals surface area contributed by atoms with E-state index in [9.17, 15) is 4.79 Å². The van der Waals surface area contributed by atoms with E-state index >= 15 is 0 Å². The Hall–Kier alpha value is -2.89. The SMILES string of the molecule is CC(C)(C)c1noc(COC(=O)CCc2ccc(-c3ccccc3)o2)n1. The highest BCUT2D eigenvalue weighted by molar-refractivity contribution is 5.69. The fourth-order valence-corrected chi connectivity index (χ4v) is 2.33. The highest BCUT2D eigenvalue weighted by atomic mass is 16.6. The molecule has 2 aromatic heterocycles. The largest absolute Gasteiger partial charge is 0.461 e. The summed E-state index contributed by atoms with van der Waals surface area (Å²) in [5.41, 5.74) is 0.800. The average molecular weight is 354 g/mol. The molecule has 0 saturated carbocycles. The van der Waals surface area contributed by atoms with Crippen molar-refractivity contribution in [3.05, 3.63) is 59.9 Å². The van der Waals surface area contributed by atoms with E-state index in [0.717, 1.165) is 17.1 Å². The zero-order valence-corrected chi connectivity index (χ0v) is 15.2. The second-order valence-corrected chi connectivity index (χ2v) is 7.05. The third-order valence-corrected chi connectivity index (χ3v) is 3.79. The summed E-state index contributed by atoms with van der Waals surface area (Å²) in [4.78, 5) is 16.2. The van der Waals surface area contributed by atoms with Gasteiger partial charge >= 0.3 is 5.97 Å². The molecule has 3 aromatic rings. The Morgan fingerprint density at radius 1 is 1.12 bits per heavy atom. The lowest BCUT2D eigenvalue weighted by atomic mass is 9.96. The molecule has 0 aliphatic heterocycles. The summed E-state index contributed by atoms with van der Waals surface area (Å²) < 4.78 is 16.1. The molecule has 6 heteroatoms. The Morgan fingerprint density at radius 3 is 2.58 bits per heavy atom. The smallest absolute Gasteiger partial charge is 0.306 e. The van der Waals surface area contributed by atoms with Crippen LogP contribution in [0.25, 0.3) is 11.3 Å². The maximum Gasteiger partial charge on any atom is 0.306 e. The van der Waals surface area contributed by atoms with E-state index < -0.39 is 0 Å². The topological polar surface area (TPSA) is 78.4 Å². The number of aromatic nitrogens is 2. The first kappa shape index (κ1) is 17.9. The van der Waals surface area contributed by atoms with Gasteiger partial charge in [0.1, 0.15) is 11.5 Å². The van der Waals surface area contributed by atoms with E-state index in [2.05, 4.69) is 10.1 Å². The van der Waals surface area contributed by atoms with Crippen LogP contribution in [0.2, 0.25) is 0 Å². The fraction of sp³-hybridized carbons (Fsp3) is 0.350. The number of rotatable bonds is 6. The van der Waals surface area contributed by atoms with Gasteiger partial charge in [0.15, 0.2) is 12.4 Å². The Balaban J connectivity index is 1.47. The third-order valence-electron chi connectivity index (χ3n) is 3.79. The zero-order valence-electron chi connectivity index (χ0n) is 15.2. The van der Waals surface area contributed by atoms with Gasteiger partial charge in [0.2, 0.25) is 0 Å². The predicted octanol–water partition coefficient (Wildman–Crippen LogP) is 4.30. The second kappa shape index (κ2) is 7.56. The second-order valence-electron chi connectivity index (χ2n) is 7.05. The average Bonchev–Trinajstić information content (AvgIpc) is 3.28. The van der Waals surface area contributed by atoms with Crippen LogP contribution in [0.3, 0.4) is 0 Å². The van der Waals surface area contributed by atoms with Crippen molar-refractivity contribution in [2.24, 2.45) is 0 Å². The van der Waals surface area contributed by atoms with Crippen molar-refractivity contribution in [1.29, 1.82) is 0 Å². The highest BCUT2D eigenvalue weighted by Gasteiger charge is 2.21. The number of carbonyl (C=O) groups excluding carboxylic acids is 1. The van der Waals surface area contributed by atoms with Crippen LogP contribution in [0.4, 0.5) is 0 Å². The van der Waals surface area contributed by atoms with Gasteiger partial charge in [-0.25, -0.2) is 0 Å². The standard InChI is InChI=1S/C20H22N2O4/c1-20(2,3)19-21-17(26-22-19)13-24-18(23)12-10-15-9-11-16(25-15)14-7-5-4-6-8-14/h4-9,11H,10,12-13H2,1-3H3. The number of hydrogen-bond donors (Lipinski definition) is 0. The summed E-state index contributed by atoms with van der Waals surface area (Å²) in [6, 6.07) is 13.6. The first-order valence-corrected chi connectivity index (χ1v) is 8.54. The molecule has 0 N–H and O–H groups in total. The normalized spacial score (nSPS) is 11.5. The van der Waals surface area contributed by atoms with Crippen molar-refractivity contribution >= 4 is 5.97 Å². The lowest BCUT2D eigenvalue weighted by molar-refractivity contribution is -0.145. The zero-order chi connectivity index (χ0) is 18.6. The lowest BCUT2D eigenvalue weighted by Crippen LogP contribution is -2.13. The molecule has 0 aliphatic carbocycles. The number of nitrogens with zero attached hydrogens (tertiary/aromatic N) is 2. The first-order chi connectivity index (χ1) is 12.4. The quantitative estimate of drug-likeness (QED) is 0.614. The number of aryl methyl sites for hydroxylation is 1. The van der Waals surface area contributed by atoms with Crippen molar-refractivity contribution in [1.82, 2.24) is 10.1 Å². The molecule has 26 heavy (non-hydrogen) atoms. The number of furan rings is 1. The number of ether oxygens (including phenoxy) is 1. The molecule has 0 aliphatic rings. The molecular formula is C20H22N2O4. The van der Waals surface area contributed by atoms with E-state index in [-0.39, 0.29) is 24.4 Å². The maximum atomic E-state index is 11.9. The summed E-state index contributed by atoms with van der Waals surface area (Å²) in [7, 11) is 0. The van der Waals surface area contributed by atoms with Gasteiger partial charge in [0, 0.05) is 17.4 Å². The van der Waals surface area contributed by atoms with E-state index in [1.807, 2.05) is 63.2 Å². The molecule has 0 saturated heterocycles. The Kier molecular flexibility index (Phi) is 5.21. The molecule has 0 spiro atoms. The van der Waals surface area contributed by atoms with Crippen molar-refractivity contribution in [2.75, 3.05) is 0 Å². The van der Waals surface area contributed by atoms with Gasteiger partial charge in [-0.2, -0.15) is 4.98 Å². The molecule has 3 rings (SSSR count). The van der Waals surface area contributed by atoms with Gasteiger partial charge in [0.25, 0.3) is 5.89 Å². The monoisotopic (exact) mass is 354 g/mol. The first-order valence-electron chi connectivity index (χ1n) is 8.54. The van der Waals surface area contributed by atoms with E-state index in [1.165, 1.54) is 0 Å². The van der Waals surface area contributed by atoms with Crippen LogP contribution in [-0.2, 0) is 28.0 Å². The lowest BCUT2D eigenvalue weighted by Gasteiger charge is -2.10. The van der Waals surface area contributed by atoms with Crippen LogP contribution < -0.4 is 0 Å². The summed E-state index contributed by atoms with van der Waals surface area (Å²) in [5, 5.41) is 3.90. The van der Waals surface area contributed by atoms with Gasteiger partial charge < -0.3 is 13.7 Å². The highest BCUT2D eigenvalue weighted by Crippen LogP contribution is 2.22. The minimum atomic E-state index is -0.335. The van der Waals surface area contributed by atoms with Crippen LogP contribution >= 0.6 is 0 Å². The van der Waals surface area contributed by atoms with Gasteiger partial charge in [-0.05, 0) is 12.1 Å². The van der Waals surface area contributed by atoms with Gasteiger partial charge in [-0.15, -0.1) is 0 Å². The minimum Gasteiger partial charge on any atom is -0.461 e. The summed E-state index contributed by atoms with van der Waals surface area (Å²) in [6.45, 7) is 5.94. The fourth-order valence-electron chi connectivity index (χ4n) is 2.33. The Labute approximate surface area is 152 Å². The van der Waals surface area contributed by atoms with Crippen molar-refractivity contribution in [3.8, 4) is 11.3 Å². The number of esters is 1. The molecule has 1 aromatic carbocycles. The third kappa shape index (κ3) is 4.59. The summed E-state index contributed by atoms with van der Waals surface area (Å²) >= 11 is 0. The number of benzene rings is 1. The summed E-state index contributed by atoms with van der Waals surface area (Å²) in [6.07, 6.45) is 0.699. The van der Waals surface area contributed by atoms with Crippen molar-refractivity contribution in [2.45, 2.75) is 45.6 Å². The predicted molar refractivity (Wildman–Crippen MR) is 95.3 cm³/mol. The van der Waals surface area contributed by atoms with Crippen molar-refractivity contribution < 1.29 is 18.5 Å². The molecule has 0 bridgehead atoms. The Bertz CT molecular complexity index is 859. The van der Waals surface area contributed by atoms with E-state index in [1.54, 1.807) is 0 Å². The van der Waals surface area contributed by atoms with Crippen LogP contribution in [0.5, 0.6) is 0 Å². The van der Waals surface area contributed by atoms with E-state index in [4.69, 9.17) is 13.7 Å². The van der Waals surface area contributed by atoms with Crippen LogP contribution in [0, 0.1) is 0 Å². The number of carbonyl (C=O) groups is 1. The minimum absolute atomic E-state index is 0.0185. The van der Waals surface area contributed by atoms with E-state index in [0.29, 0.717) is 18.1 Å². The van der Waals surface area contributed by atoms with Crippen LogP contribution in [-0.4, -0.2) is 16.1 Å². The molecule has 0 amide bonds. The van der Waals surface area contributed by atoms with Crippen LogP contribution in [0.1, 0.15) is 44.7 Å². The van der Waals surface area contributed by atoms with Crippen LogP contribution in [0.15, 0.2) is 51.4 Å². The molecule has 6 nitrogen and oxygen atoms in total. The molecule has 0 unspecified atom stereocenters. The molecular weight excluding hydrogens is 332 g/mol. The molecule has 0 fully saturated rings.